The highest BCUT2D eigenvalue weighted by Crippen LogP contribution is 2.18. The Hall–Kier alpha value is -2.67. The summed E-state index contributed by atoms with van der Waals surface area (Å²) in [6.07, 6.45) is 5.29. The Balaban J connectivity index is 1.61. The van der Waals surface area contributed by atoms with E-state index in [4.69, 9.17) is 0 Å². The van der Waals surface area contributed by atoms with E-state index in [0.717, 1.165) is 11.4 Å². The molecule has 1 aromatic carbocycles. The highest BCUT2D eigenvalue weighted by atomic mass is 16.2. The van der Waals surface area contributed by atoms with E-state index in [1.807, 2.05) is 53.8 Å². The fraction of sp³-hybridized carbons (Fsp3) is 0.353. The molecule has 0 saturated carbocycles. The maximum absolute atomic E-state index is 12.3. The van der Waals surface area contributed by atoms with Crippen LogP contribution >= 0.6 is 0 Å². The number of hydrogen-bond donors (Lipinski definition) is 2. The third-order valence-electron chi connectivity index (χ3n) is 4.30. The van der Waals surface area contributed by atoms with Crippen LogP contribution in [0, 0.1) is 0 Å². The second kappa shape index (κ2) is 6.45. The predicted molar refractivity (Wildman–Crippen MR) is 90.9 cm³/mol. The molecule has 3 rings (SSSR count). The van der Waals surface area contributed by atoms with E-state index in [-0.39, 0.29) is 18.4 Å². The van der Waals surface area contributed by atoms with Crippen molar-refractivity contribution in [1.29, 1.82) is 0 Å². The maximum Gasteiger partial charge on any atom is 0.240 e. The second-order valence-electron chi connectivity index (χ2n) is 6.30. The van der Waals surface area contributed by atoms with Crippen LogP contribution in [-0.4, -0.2) is 51.4 Å². The summed E-state index contributed by atoms with van der Waals surface area (Å²) in [6, 6.07) is 7.52. The minimum atomic E-state index is -0.680. The Bertz CT molecular complexity index is 722. The van der Waals surface area contributed by atoms with Crippen molar-refractivity contribution in [3.63, 3.8) is 0 Å². The molecule has 7 heteroatoms. The van der Waals surface area contributed by atoms with Gasteiger partial charge in [0.05, 0.1) is 18.4 Å². The molecule has 0 radical (unpaired) electrons. The third-order valence-corrected chi connectivity index (χ3v) is 4.30. The maximum atomic E-state index is 12.3. The number of nitrogens with one attached hydrogen (secondary N) is 2. The molecule has 0 spiro atoms. The van der Waals surface area contributed by atoms with E-state index >= 15 is 0 Å². The normalized spacial score (nSPS) is 17.3. The summed E-state index contributed by atoms with van der Waals surface area (Å²) >= 11 is 0. The Kier molecular flexibility index (Phi) is 4.35. The molecule has 0 aliphatic carbocycles. The number of piperazine rings is 1. The van der Waals surface area contributed by atoms with E-state index < -0.39 is 5.54 Å². The zero-order valence-electron chi connectivity index (χ0n) is 13.8. The van der Waals surface area contributed by atoms with Gasteiger partial charge in [0.15, 0.2) is 0 Å². The van der Waals surface area contributed by atoms with Gasteiger partial charge in [-0.3, -0.25) is 14.5 Å². The molecule has 1 aromatic heterocycles. The molecule has 0 bridgehead atoms. The van der Waals surface area contributed by atoms with Gasteiger partial charge in [-0.15, -0.1) is 0 Å². The quantitative estimate of drug-likeness (QED) is 0.879. The fourth-order valence-corrected chi connectivity index (χ4v) is 2.72. The van der Waals surface area contributed by atoms with Gasteiger partial charge in [-0.2, -0.15) is 0 Å². The number of hydrogen-bond acceptors (Lipinski definition) is 4. The molecule has 0 atom stereocenters. The van der Waals surface area contributed by atoms with E-state index in [1.54, 1.807) is 12.5 Å². The average molecular weight is 327 g/mol. The highest BCUT2D eigenvalue weighted by molar-refractivity contribution is 5.93. The molecule has 2 N–H and O–H groups in total. The molecule has 1 aliphatic heterocycles. The van der Waals surface area contributed by atoms with Gasteiger partial charge in [0.2, 0.25) is 11.8 Å². The number of rotatable bonds is 4. The van der Waals surface area contributed by atoms with Gasteiger partial charge < -0.3 is 15.2 Å². The first kappa shape index (κ1) is 16.2. The average Bonchev–Trinajstić information content (AvgIpc) is 3.07. The Morgan fingerprint density at radius 1 is 1.33 bits per heavy atom. The van der Waals surface area contributed by atoms with Gasteiger partial charge in [-0.05, 0) is 38.1 Å². The molecule has 2 aromatic rings. The zero-order valence-corrected chi connectivity index (χ0v) is 13.8. The Morgan fingerprint density at radius 3 is 2.75 bits per heavy atom. The minimum Gasteiger partial charge on any atom is -0.353 e. The first-order valence-electron chi connectivity index (χ1n) is 7.88. The number of carbonyl (C=O) groups is 2. The summed E-state index contributed by atoms with van der Waals surface area (Å²) < 4.78 is 1.89. The van der Waals surface area contributed by atoms with Crippen molar-refractivity contribution in [2.75, 3.05) is 25.0 Å². The molecule has 0 unspecified atom stereocenters. The summed E-state index contributed by atoms with van der Waals surface area (Å²) in [5, 5.41) is 5.70. The van der Waals surface area contributed by atoms with E-state index in [1.165, 1.54) is 0 Å². The van der Waals surface area contributed by atoms with Crippen LogP contribution in [0.3, 0.4) is 0 Å². The van der Waals surface area contributed by atoms with Crippen molar-refractivity contribution in [2.24, 2.45) is 0 Å². The first-order valence-corrected chi connectivity index (χ1v) is 7.88. The number of benzene rings is 1. The van der Waals surface area contributed by atoms with E-state index in [2.05, 4.69) is 15.6 Å². The predicted octanol–water partition coefficient (Wildman–Crippen LogP) is 1.02. The molecule has 2 amide bonds. The lowest BCUT2D eigenvalue weighted by atomic mass is 9.99. The van der Waals surface area contributed by atoms with Crippen molar-refractivity contribution < 1.29 is 9.59 Å². The number of nitrogens with zero attached hydrogens (tertiary/aromatic N) is 3. The van der Waals surface area contributed by atoms with E-state index in [9.17, 15) is 9.59 Å². The van der Waals surface area contributed by atoms with Gasteiger partial charge in [-0.25, -0.2) is 4.98 Å². The number of imidazole rings is 1. The fourth-order valence-electron chi connectivity index (χ4n) is 2.72. The van der Waals surface area contributed by atoms with Gasteiger partial charge in [-0.1, -0.05) is 0 Å². The van der Waals surface area contributed by atoms with Crippen molar-refractivity contribution in [3.8, 4) is 5.69 Å². The number of anilines is 1. The van der Waals surface area contributed by atoms with Crippen LogP contribution in [0.1, 0.15) is 13.8 Å². The molecular formula is C17H21N5O2. The topological polar surface area (TPSA) is 79.3 Å². The molecule has 2 heterocycles. The van der Waals surface area contributed by atoms with Crippen molar-refractivity contribution in [2.45, 2.75) is 19.4 Å². The van der Waals surface area contributed by atoms with Gasteiger partial charge in [0.25, 0.3) is 0 Å². The lowest BCUT2D eigenvalue weighted by Crippen LogP contribution is -2.62. The van der Waals surface area contributed by atoms with Crippen LogP contribution in [0.4, 0.5) is 5.69 Å². The molecular weight excluding hydrogens is 306 g/mol. The van der Waals surface area contributed by atoms with Crippen LogP contribution in [-0.2, 0) is 9.59 Å². The summed E-state index contributed by atoms with van der Waals surface area (Å²) in [6.45, 7) is 5.06. The lowest BCUT2D eigenvalue weighted by Gasteiger charge is -2.40. The smallest absolute Gasteiger partial charge is 0.240 e. The van der Waals surface area contributed by atoms with Crippen LogP contribution < -0.4 is 10.6 Å². The van der Waals surface area contributed by atoms with Crippen molar-refractivity contribution >= 4 is 17.5 Å². The second-order valence-corrected chi connectivity index (χ2v) is 6.30. The first-order chi connectivity index (χ1) is 11.5. The van der Waals surface area contributed by atoms with Crippen LogP contribution in [0.25, 0.3) is 5.69 Å². The zero-order chi connectivity index (χ0) is 17.2. The molecule has 1 saturated heterocycles. The molecule has 7 nitrogen and oxygen atoms in total. The van der Waals surface area contributed by atoms with Crippen LogP contribution in [0.5, 0.6) is 0 Å². The van der Waals surface area contributed by atoms with Crippen LogP contribution in [0.15, 0.2) is 43.0 Å². The molecule has 1 aliphatic rings. The third kappa shape index (κ3) is 3.30. The largest absolute Gasteiger partial charge is 0.353 e. The molecule has 126 valence electrons. The number of aromatic nitrogens is 2. The summed E-state index contributed by atoms with van der Waals surface area (Å²) in [4.78, 5) is 30.1. The summed E-state index contributed by atoms with van der Waals surface area (Å²) in [5.74, 6) is -0.181. The van der Waals surface area contributed by atoms with Crippen LogP contribution in [0.2, 0.25) is 0 Å². The SMILES string of the molecule is CC1(C)C(=O)NCCN1CC(=O)Nc1ccc(-n2ccnc2)cc1. The minimum absolute atomic E-state index is 0.0498. The molecule has 24 heavy (non-hydrogen) atoms. The van der Waals surface area contributed by atoms with Gasteiger partial charge in [0, 0.05) is 36.9 Å². The number of amides is 2. The van der Waals surface area contributed by atoms with Gasteiger partial charge >= 0.3 is 0 Å². The van der Waals surface area contributed by atoms with Gasteiger partial charge in [0.1, 0.15) is 0 Å². The molecule has 1 fully saturated rings. The highest BCUT2D eigenvalue weighted by Gasteiger charge is 2.38. The lowest BCUT2D eigenvalue weighted by molar-refractivity contribution is -0.136. The standard InChI is InChI=1S/C17H21N5O2/c1-17(2)16(24)19-8-10-22(17)11-15(23)20-13-3-5-14(6-4-13)21-9-7-18-12-21/h3-7,9,12H,8,10-11H2,1-2H3,(H,19,24)(H,20,23). The number of carbonyl (C=O) groups excluding carboxylic acids is 2. The van der Waals surface area contributed by atoms with E-state index in [0.29, 0.717) is 13.1 Å². The van der Waals surface area contributed by atoms with Crippen molar-refractivity contribution in [3.05, 3.63) is 43.0 Å². The monoisotopic (exact) mass is 327 g/mol. The Labute approximate surface area is 140 Å². The summed E-state index contributed by atoms with van der Waals surface area (Å²) in [5.41, 5.74) is 1.02. The Morgan fingerprint density at radius 2 is 2.08 bits per heavy atom. The van der Waals surface area contributed by atoms with Crippen molar-refractivity contribution in [1.82, 2.24) is 19.8 Å². The summed E-state index contributed by atoms with van der Waals surface area (Å²) in [7, 11) is 0.